The number of carbonyl (C=O) groups excluding carboxylic acids is 1. The fourth-order valence-electron chi connectivity index (χ4n) is 1.97. The van der Waals surface area contributed by atoms with E-state index in [0.29, 0.717) is 11.5 Å². The second kappa shape index (κ2) is 6.32. The Kier molecular flexibility index (Phi) is 4.49. The minimum atomic E-state index is -0.864. The topological polar surface area (TPSA) is 63.2 Å². The van der Waals surface area contributed by atoms with E-state index in [1.165, 1.54) is 6.08 Å². The van der Waals surface area contributed by atoms with Crippen LogP contribution in [-0.2, 0) is 9.45 Å². The lowest BCUT2D eigenvalue weighted by molar-refractivity contribution is -0.129. The van der Waals surface area contributed by atoms with Gasteiger partial charge in [0.15, 0.2) is 0 Å². The third kappa shape index (κ3) is 3.17. The third-order valence-corrected chi connectivity index (χ3v) is 3.42. The summed E-state index contributed by atoms with van der Waals surface area (Å²) in [5.41, 5.74) is 1.23. The van der Waals surface area contributed by atoms with Gasteiger partial charge in [-0.2, -0.15) is 5.26 Å². The van der Waals surface area contributed by atoms with Gasteiger partial charge >= 0.3 is 14.0 Å². The first-order valence-corrected chi connectivity index (χ1v) is 6.65. The summed E-state index contributed by atoms with van der Waals surface area (Å²) in [5, 5.41) is 9.90. The lowest BCUT2D eigenvalue weighted by atomic mass is 10.1. The molecule has 1 unspecified atom stereocenters. The van der Waals surface area contributed by atoms with E-state index in [-0.39, 0.29) is 5.57 Å². The number of fused-ring (bicyclic) bond motifs is 1. The van der Waals surface area contributed by atoms with Crippen LogP contribution < -0.4 is 0 Å². The van der Waals surface area contributed by atoms with Gasteiger partial charge in [0.25, 0.3) is 0 Å². The number of furan rings is 1. The molecule has 0 fully saturated rings. The molecule has 104 valence electrons. The Morgan fingerprint density at radius 3 is 2.90 bits per heavy atom. The van der Waals surface area contributed by atoms with Crippen LogP contribution in [-0.4, -0.2) is 14.0 Å². The average molecular weight is 279 g/mol. The Balaban J connectivity index is 2.41. The minimum absolute atomic E-state index is 0.162. The van der Waals surface area contributed by atoms with Crippen molar-refractivity contribution < 1.29 is 13.9 Å². The highest BCUT2D eigenvalue weighted by molar-refractivity contribution is 6.11. The molecule has 2 rings (SSSR count). The van der Waals surface area contributed by atoms with Crippen molar-refractivity contribution >= 4 is 31.1 Å². The summed E-state index contributed by atoms with van der Waals surface area (Å²) in [6.07, 6.45) is 2.41. The maximum atomic E-state index is 11.3. The van der Waals surface area contributed by atoms with Gasteiger partial charge in [0, 0.05) is 11.3 Å². The summed E-state index contributed by atoms with van der Waals surface area (Å²) in [4.78, 5) is 11.3. The molecular formula is C16H14BNO3. The van der Waals surface area contributed by atoms with Crippen LogP contribution in [0.5, 0.6) is 0 Å². The van der Waals surface area contributed by atoms with Crippen molar-refractivity contribution in [3.8, 4) is 6.07 Å². The molecule has 0 bridgehead atoms. The first kappa shape index (κ1) is 14.9. The van der Waals surface area contributed by atoms with Crippen LogP contribution in [0.2, 0.25) is 0 Å². The number of nitriles is 1. The molecule has 0 N–H and O–H groups in total. The molecule has 1 aromatic carbocycles. The molecule has 0 spiro atoms. The van der Waals surface area contributed by atoms with Crippen LogP contribution >= 0.6 is 0 Å². The molecule has 0 aliphatic heterocycles. The van der Waals surface area contributed by atoms with Gasteiger partial charge in [-0.3, -0.25) is 0 Å². The first-order chi connectivity index (χ1) is 10.1. The van der Waals surface area contributed by atoms with E-state index in [1.807, 2.05) is 12.1 Å². The van der Waals surface area contributed by atoms with E-state index in [1.54, 1.807) is 18.2 Å². The fraction of sp³-hybridized carbons (Fsp3) is 0.250. The van der Waals surface area contributed by atoms with Crippen LogP contribution in [0, 0.1) is 11.3 Å². The number of hydrogen-bond acceptors (Lipinski definition) is 4. The second-order valence-electron chi connectivity index (χ2n) is 4.83. The zero-order chi connectivity index (χ0) is 15.4. The van der Waals surface area contributed by atoms with Gasteiger partial charge in [0.05, 0.1) is 0 Å². The molecular weight excluding hydrogens is 265 g/mol. The van der Waals surface area contributed by atoms with Crippen LogP contribution in [0.3, 0.4) is 0 Å². The van der Waals surface area contributed by atoms with Gasteiger partial charge in [0.2, 0.25) is 0 Å². The molecule has 0 aliphatic carbocycles. The number of nitrogens with zero attached hydrogens (tertiary/aromatic N) is 1. The molecule has 0 saturated heterocycles. The summed E-state index contributed by atoms with van der Waals surface area (Å²) in [6.45, 7) is 4.20. The SMILES string of the molecule is [B]OC(=O)/C(C#N)=C\c1ccc2cc(C(C)CC)oc2c1. The largest absolute Gasteiger partial charge is 0.539 e. The number of carbonyl (C=O) groups is 1. The molecule has 5 heteroatoms. The summed E-state index contributed by atoms with van der Waals surface area (Å²) in [5.74, 6) is 0.408. The Bertz CT molecular complexity index is 740. The van der Waals surface area contributed by atoms with Crippen molar-refractivity contribution in [2.45, 2.75) is 26.2 Å². The smallest absolute Gasteiger partial charge is 0.378 e. The Labute approximate surface area is 124 Å². The van der Waals surface area contributed by atoms with E-state index in [0.717, 1.165) is 23.2 Å². The van der Waals surface area contributed by atoms with Crippen LogP contribution in [0.4, 0.5) is 0 Å². The van der Waals surface area contributed by atoms with Crippen LogP contribution in [0.15, 0.2) is 34.3 Å². The molecule has 0 amide bonds. The maximum absolute atomic E-state index is 11.3. The lowest BCUT2D eigenvalue weighted by Crippen LogP contribution is -2.03. The molecule has 1 heterocycles. The Morgan fingerprint density at radius 1 is 1.52 bits per heavy atom. The highest BCUT2D eigenvalue weighted by Gasteiger charge is 2.11. The Morgan fingerprint density at radius 2 is 2.29 bits per heavy atom. The third-order valence-electron chi connectivity index (χ3n) is 3.42. The fourth-order valence-corrected chi connectivity index (χ4v) is 1.97. The predicted molar refractivity (Wildman–Crippen MR) is 80.4 cm³/mol. The number of hydrogen-bond donors (Lipinski definition) is 0. The molecule has 0 aliphatic rings. The van der Waals surface area contributed by atoms with Gasteiger partial charge in [-0.15, -0.1) is 0 Å². The Hall–Kier alpha value is -2.48. The monoisotopic (exact) mass is 279 g/mol. The highest BCUT2D eigenvalue weighted by atomic mass is 16.5. The minimum Gasteiger partial charge on any atom is -0.539 e. The number of benzene rings is 1. The molecule has 0 saturated carbocycles. The van der Waals surface area contributed by atoms with Crippen LogP contribution in [0.1, 0.15) is 37.5 Å². The molecule has 4 nitrogen and oxygen atoms in total. The van der Waals surface area contributed by atoms with Crippen molar-refractivity contribution in [3.05, 3.63) is 41.2 Å². The molecule has 2 radical (unpaired) electrons. The van der Waals surface area contributed by atoms with Gasteiger partial charge in [-0.25, -0.2) is 4.79 Å². The maximum Gasteiger partial charge on any atom is 0.378 e. The molecule has 1 atom stereocenters. The van der Waals surface area contributed by atoms with E-state index in [4.69, 9.17) is 17.7 Å². The zero-order valence-electron chi connectivity index (χ0n) is 11.9. The summed E-state index contributed by atoms with van der Waals surface area (Å²) < 4.78 is 9.87. The van der Waals surface area contributed by atoms with Gasteiger partial charge in [-0.1, -0.05) is 26.0 Å². The second-order valence-corrected chi connectivity index (χ2v) is 4.83. The lowest BCUT2D eigenvalue weighted by Gasteiger charge is -2.01. The zero-order valence-corrected chi connectivity index (χ0v) is 11.9. The van der Waals surface area contributed by atoms with Gasteiger partial charge in [0.1, 0.15) is 23.0 Å². The summed E-state index contributed by atoms with van der Waals surface area (Å²) in [6, 6.07) is 9.24. The summed E-state index contributed by atoms with van der Waals surface area (Å²) in [7, 11) is 4.78. The van der Waals surface area contributed by atoms with E-state index in [9.17, 15) is 4.79 Å². The van der Waals surface area contributed by atoms with Crippen molar-refractivity contribution in [2.75, 3.05) is 0 Å². The van der Waals surface area contributed by atoms with Crippen molar-refractivity contribution in [1.29, 1.82) is 5.26 Å². The normalized spacial score (nSPS) is 12.9. The summed E-state index contributed by atoms with van der Waals surface area (Å²) >= 11 is 0. The number of rotatable bonds is 4. The highest BCUT2D eigenvalue weighted by Crippen LogP contribution is 2.28. The van der Waals surface area contributed by atoms with E-state index >= 15 is 0 Å². The average Bonchev–Trinajstić information content (AvgIpc) is 2.94. The van der Waals surface area contributed by atoms with Crippen molar-refractivity contribution in [3.63, 3.8) is 0 Å². The quantitative estimate of drug-likeness (QED) is 0.488. The predicted octanol–water partition coefficient (Wildman–Crippen LogP) is 3.48. The van der Waals surface area contributed by atoms with Crippen molar-refractivity contribution in [2.24, 2.45) is 0 Å². The van der Waals surface area contributed by atoms with E-state index in [2.05, 4.69) is 18.5 Å². The van der Waals surface area contributed by atoms with Crippen LogP contribution in [0.25, 0.3) is 17.0 Å². The van der Waals surface area contributed by atoms with Gasteiger partial charge in [-0.05, 0) is 30.2 Å². The van der Waals surface area contributed by atoms with Crippen molar-refractivity contribution in [1.82, 2.24) is 0 Å². The molecule has 1 aromatic heterocycles. The first-order valence-electron chi connectivity index (χ1n) is 6.65. The molecule has 21 heavy (non-hydrogen) atoms. The standard InChI is InChI=1S/C16H14BNO3/c1-3-10(2)14-8-12-5-4-11(7-15(12)20-14)6-13(9-18)16(19)21-17/h4-8,10H,3H2,1-2H3/b13-6-. The molecule has 2 aromatic rings. The van der Waals surface area contributed by atoms with E-state index < -0.39 is 5.97 Å². The van der Waals surface area contributed by atoms with Gasteiger partial charge < -0.3 is 9.07 Å².